The first kappa shape index (κ1) is 24.2. The Kier molecular flexibility index (Phi) is 10.2. The summed E-state index contributed by atoms with van der Waals surface area (Å²) < 4.78 is 18.3. The molecule has 0 fully saturated rings. The van der Waals surface area contributed by atoms with E-state index in [9.17, 15) is 4.79 Å². The zero-order valence-electron chi connectivity index (χ0n) is 17.3. The number of hydrogen-bond donors (Lipinski definition) is 1. The van der Waals surface area contributed by atoms with Gasteiger partial charge in [0.25, 0.3) is 0 Å². The van der Waals surface area contributed by atoms with Gasteiger partial charge in [-0.05, 0) is 87.0 Å². The van der Waals surface area contributed by atoms with Gasteiger partial charge in [-0.25, -0.2) is 5.43 Å². The number of hydrogen-bond acceptors (Lipinski definition) is 5. The Hall–Kier alpha value is -2.06. The molecule has 0 bridgehead atoms. The lowest BCUT2D eigenvalue weighted by Gasteiger charge is -2.12. The van der Waals surface area contributed by atoms with E-state index in [0.29, 0.717) is 37.6 Å². The minimum atomic E-state index is -0.174. The number of carbonyl (C=O) groups is 1. The topological polar surface area (TPSA) is 69.2 Å². The van der Waals surface area contributed by atoms with Crippen LogP contribution in [0.5, 0.6) is 17.2 Å². The van der Waals surface area contributed by atoms with Crippen molar-refractivity contribution in [1.29, 1.82) is 0 Å². The number of benzene rings is 2. The Morgan fingerprint density at radius 2 is 1.90 bits per heavy atom. The molecule has 6 nitrogen and oxygen atoms in total. The molecule has 0 aromatic heterocycles. The highest BCUT2D eigenvalue weighted by Crippen LogP contribution is 2.36. The molecule has 1 N–H and O–H groups in total. The second-order valence-electron chi connectivity index (χ2n) is 6.33. The first-order valence-corrected chi connectivity index (χ1v) is 11.3. The molecule has 0 saturated heterocycles. The summed E-state index contributed by atoms with van der Waals surface area (Å²) in [5, 5.41) is 4.01. The van der Waals surface area contributed by atoms with Gasteiger partial charge in [0.15, 0.2) is 11.5 Å². The summed E-state index contributed by atoms with van der Waals surface area (Å²) in [7, 11) is 1.58. The van der Waals surface area contributed by atoms with Crippen LogP contribution in [0.2, 0.25) is 0 Å². The Morgan fingerprint density at radius 1 is 1.10 bits per heavy atom. The lowest BCUT2D eigenvalue weighted by Crippen LogP contribution is -2.18. The molecule has 2 aromatic rings. The summed E-state index contributed by atoms with van der Waals surface area (Å²) in [5.74, 6) is 1.83. The second kappa shape index (κ2) is 12.6. The number of nitrogens with zero attached hydrogens (tertiary/aromatic N) is 1. The zero-order valence-corrected chi connectivity index (χ0v) is 20.5. The fourth-order valence-corrected chi connectivity index (χ4v) is 3.74. The predicted octanol–water partition coefficient (Wildman–Crippen LogP) is 5.49. The summed E-state index contributed by atoms with van der Waals surface area (Å²) in [6.07, 6.45) is 3.44. The number of nitrogens with one attached hydrogen (secondary N) is 1. The van der Waals surface area contributed by atoms with Crippen molar-refractivity contribution in [3.63, 3.8) is 0 Å². The third kappa shape index (κ3) is 7.32. The molecule has 0 spiro atoms. The smallest absolute Gasteiger partial charge is 0.240 e. The van der Waals surface area contributed by atoms with Crippen LogP contribution in [0.4, 0.5) is 0 Å². The van der Waals surface area contributed by atoms with Crippen molar-refractivity contribution in [2.45, 2.75) is 33.1 Å². The van der Waals surface area contributed by atoms with Crippen molar-refractivity contribution >= 4 is 44.0 Å². The van der Waals surface area contributed by atoms with Gasteiger partial charge in [-0.2, -0.15) is 5.10 Å². The number of hydrazone groups is 1. The van der Waals surface area contributed by atoms with Crippen LogP contribution in [0.1, 0.15) is 37.8 Å². The Labute approximate surface area is 194 Å². The summed E-state index contributed by atoms with van der Waals surface area (Å²) in [6.45, 7) is 4.99. The van der Waals surface area contributed by atoms with E-state index in [1.165, 1.54) is 5.56 Å². The fourth-order valence-electron chi connectivity index (χ4n) is 2.63. The van der Waals surface area contributed by atoms with Gasteiger partial charge in [0.05, 0.1) is 35.5 Å². The van der Waals surface area contributed by atoms with Crippen LogP contribution in [-0.4, -0.2) is 32.4 Å². The Bertz CT molecular complexity index is 888. The van der Waals surface area contributed by atoms with Gasteiger partial charge >= 0.3 is 0 Å². The van der Waals surface area contributed by atoms with Crippen LogP contribution in [0, 0.1) is 0 Å². The first-order valence-electron chi connectivity index (χ1n) is 9.71. The number of amides is 1. The van der Waals surface area contributed by atoms with E-state index in [4.69, 9.17) is 14.2 Å². The van der Waals surface area contributed by atoms with Gasteiger partial charge in [-0.1, -0.05) is 13.0 Å². The Balaban J connectivity index is 1.79. The number of rotatable bonds is 11. The SMILES string of the molecule is CCOc1c(Br)cc(/C=N/NC(=O)CCCOc2ccc(CC)cc2Br)cc1OC. The van der Waals surface area contributed by atoms with Crippen LogP contribution < -0.4 is 19.6 Å². The van der Waals surface area contributed by atoms with Crippen LogP contribution in [0.3, 0.4) is 0 Å². The van der Waals surface area contributed by atoms with Crippen LogP contribution in [-0.2, 0) is 11.2 Å². The molecule has 162 valence electrons. The van der Waals surface area contributed by atoms with Gasteiger partial charge in [0.1, 0.15) is 5.75 Å². The van der Waals surface area contributed by atoms with Gasteiger partial charge in [0.2, 0.25) is 5.91 Å². The molecule has 2 rings (SSSR count). The van der Waals surface area contributed by atoms with Gasteiger partial charge in [0, 0.05) is 6.42 Å². The molecule has 0 aliphatic heterocycles. The molecular formula is C22H26Br2N2O4. The minimum absolute atomic E-state index is 0.174. The van der Waals surface area contributed by atoms with E-state index >= 15 is 0 Å². The maximum atomic E-state index is 12.0. The molecule has 8 heteroatoms. The van der Waals surface area contributed by atoms with E-state index in [1.807, 2.05) is 31.2 Å². The second-order valence-corrected chi connectivity index (χ2v) is 8.04. The van der Waals surface area contributed by atoms with E-state index in [0.717, 1.165) is 26.7 Å². The van der Waals surface area contributed by atoms with Gasteiger partial charge in [-0.15, -0.1) is 0 Å². The van der Waals surface area contributed by atoms with Crippen molar-refractivity contribution in [3.8, 4) is 17.2 Å². The maximum absolute atomic E-state index is 12.0. The fraction of sp³-hybridized carbons (Fsp3) is 0.364. The highest BCUT2D eigenvalue weighted by molar-refractivity contribution is 9.10. The van der Waals surface area contributed by atoms with Crippen LogP contribution in [0.25, 0.3) is 0 Å². The molecule has 0 saturated carbocycles. The molecule has 0 heterocycles. The quantitative estimate of drug-likeness (QED) is 0.232. The summed E-state index contributed by atoms with van der Waals surface area (Å²) >= 11 is 6.97. The number of carbonyl (C=O) groups excluding carboxylic acids is 1. The lowest BCUT2D eigenvalue weighted by molar-refractivity contribution is -0.121. The summed E-state index contributed by atoms with van der Waals surface area (Å²) in [5.41, 5.74) is 4.54. The molecule has 2 aromatic carbocycles. The highest BCUT2D eigenvalue weighted by atomic mass is 79.9. The standard InChI is InChI=1S/C22H26Br2N2O4/c1-4-15-8-9-19(17(23)11-15)30-10-6-7-21(27)26-25-14-16-12-18(24)22(29-5-2)20(13-16)28-3/h8-9,11-14H,4-7,10H2,1-3H3,(H,26,27)/b25-14+. The van der Waals surface area contributed by atoms with Gasteiger partial charge < -0.3 is 14.2 Å². The van der Waals surface area contributed by atoms with Crippen molar-refractivity contribution in [1.82, 2.24) is 5.43 Å². The normalized spacial score (nSPS) is 10.8. The number of ether oxygens (including phenoxy) is 3. The molecule has 0 aliphatic rings. The molecule has 1 amide bonds. The molecule has 0 atom stereocenters. The average molecular weight is 542 g/mol. The van der Waals surface area contributed by atoms with Crippen LogP contribution in [0.15, 0.2) is 44.4 Å². The zero-order chi connectivity index (χ0) is 21.9. The third-order valence-corrected chi connectivity index (χ3v) is 5.36. The van der Waals surface area contributed by atoms with Crippen molar-refractivity contribution < 1.29 is 19.0 Å². The molecule has 0 radical (unpaired) electrons. The van der Waals surface area contributed by atoms with Crippen molar-refractivity contribution in [2.75, 3.05) is 20.3 Å². The molecular weight excluding hydrogens is 516 g/mol. The summed E-state index contributed by atoms with van der Waals surface area (Å²) in [6, 6.07) is 9.66. The monoisotopic (exact) mass is 540 g/mol. The lowest BCUT2D eigenvalue weighted by atomic mass is 10.2. The van der Waals surface area contributed by atoms with E-state index < -0.39 is 0 Å². The summed E-state index contributed by atoms with van der Waals surface area (Å²) in [4.78, 5) is 12.0. The van der Waals surface area contributed by atoms with Gasteiger partial charge in [-0.3, -0.25) is 4.79 Å². The molecule has 0 aliphatic carbocycles. The Morgan fingerprint density at radius 3 is 2.57 bits per heavy atom. The van der Waals surface area contributed by atoms with Crippen LogP contribution >= 0.6 is 31.9 Å². The molecule has 30 heavy (non-hydrogen) atoms. The number of halogens is 2. The molecule has 0 unspecified atom stereocenters. The van der Waals surface area contributed by atoms with E-state index in [1.54, 1.807) is 19.4 Å². The third-order valence-electron chi connectivity index (χ3n) is 4.15. The van der Waals surface area contributed by atoms with E-state index in [-0.39, 0.29) is 5.91 Å². The average Bonchev–Trinajstić information content (AvgIpc) is 2.73. The van der Waals surface area contributed by atoms with Crippen molar-refractivity contribution in [2.24, 2.45) is 5.10 Å². The predicted molar refractivity (Wildman–Crippen MR) is 126 cm³/mol. The number of methoxy groups -OCH3 is 1. The van der Waals surface area contributed by atoms with E-state index in [2.05, 4.69) is 49.3 Å². The van der Waals surface area contributed by atoms with Crippen molar-refractivity contribution in [3.05, 3.63) is 50.4 Å². The number of aryl methyl sites for hydroxylation is 1. The highest BCUT2D eigenvalue weighted by Gasteiger charge is 2.10. The first-order chi connectivity index (χ1) is 14.5. The maximum Gasteiger partial charge on any atom is 0.240 e. The largest absolute Gasteiger partial charge is 0.493 e. The minimum Gasteiger partial charge on any atom is -0.493 e.